The van der Waals surface area contributed by atoms with E-state index in [0.717, 1.165) is 9.13 Å². The van der Waals surface area contributed by atoms with Gasteiger partial charge in [-0.3, -0.25) is 4.57 Å². The van der Waals surface area contributed by atoms with Gasteiger partial charge in [0.25, 0.3) is 0 Å². The van der Waals surface area contributed by atoms with Crippen LogP contribution in [-0.2, 0) is 15.9 Å². The topological polar surface area (TPSA) is 129 Å². The molecule has 0 aliphatic carbocycles. The molecule has 0 spiro atoms. The van der Waals surface area contributed by atoms with Crippen LogP contribution >= 0.6 is 22.6 Å². The number of halogens is 1. The molecule has 1 unspecified atom stereocenters. The molecule has 1 aromatic carbocycles. The van der Waals surface area contributed by atoms with Crippen molar-refractivity contribution >= 4 is 39.6 Å². The van der Waals surface area contributed by atoms with E-state index in [9.17, 15) is 10.2 Å². The predicted octanol–water partition coefficient (Wildman–Crippen LogP) is 1.28. The number of imidazole rings is 1. The van der Waals surface area contributed by atoms with Crippen LogP contribution in [0, 0.1) is 3.57 Å². The Kier molecular flexibility index (Phi) is 5.97. The van der Waals surface area contributed by atoms with Crippen molar-refractivity contribution in [3.8, 4) is 0 Å². The molecule has 154 valence electrons. The average molecular weight is 511 g/mol. The van der Waals surface area contributed by atoms with Crippen molar-refractivity contribution in [3.63, 3.8) is 0 Å². The van der Waals surface area contributed by atoms with E-state index in [0.29, 0.717) is 24.2 Å². The SMILES string of the molecule is CCOC(Cc1cccc(I)c1)[C@H]1O[C@@H](n2cnc3c(N)ncnc32)[C@H](O)[C@@H]1O. The molecular formula is C19H22IN5O4. The zero-order valence-electron chi connectivity index (χ0n) is 15.7. The van der Waals surface area contributed by atoms with E-state index >= 15 is 0 Å². The number of nitrogens with two attached hydrogens (primary N) is 1. The Morgan fingerprint density at radius 2 is 2.10 bits per heavy atom. The number of rotatable bonds is 6. The van der Waals surface area contributed by atoms with Gasteiger partial charge in [-0.05, 0) is 47.2 Å². The molecule has 1 saturated heterocycles. The van der Waals surface area contributed by atoms with Crippen molar-refractivity contribution in [1.29, 1.82) is 0 Å². The number of fused-ring (bicyclic) bond motifs is 1. The molecule has 0 bridgehead atoms. The van der Waals surface area contributed by atoms with Gasteiger partial charge in [0.05, 0.1) is 12.4 Å². The summed E-state index contributed by atoms with van der Waals surface area (Å²) in [7, 11) is 0. The van der Waals surface area contributed by atoms with Crippen molar-refractivity contribution in [3.05, 3.63) is 46.1 Å². The molecule has 10 heteroatoms. The standard InChI is InChI=1S/C19H22IN5O4/c1-2-28-12(7-10-4-3-5-11(20)6-10)16-14(26)15(27)19(29-16)25-9-24-13-17(21)22-8-23-18(13)25/h3-6,8-9,12,14-16,19,26-27H,2,7H2,1H3,(H2,21,22,23)/t12?,14-,15+,16+,19+/m0/s1. The molecule has 1 aliphatic rings. The number of hydrogen-bond donors (Lipinski definition) is 3. The highest BCUT2D eigenvalue weighted by Gasteiger charge is 2.48. The van der Waals surface area contributed by atoms with Gasteiger partial charge >= 0.3 is 0 Å². The molecule has 9 nitrogen and oxygen atoms in total. The summed E-state index contributed by atoms with van der Waals surface area (Å²) in [6.45, 7) is 2.35. The van der Waals surface area contributed by atoms with E-state index in [4.69, 9.17) is 15.2 Å². The lowest BCUT2D eigenvalue weighted by molar-refractivity contribution is -0.104. The van der Waals surface area contributed by atoms with Crippen LogP contribution < -0.4 is 5.73 Å². The van der Waals surface area contributed by atoms with E-state index in [1.54, 1.807) is 4.57 Å². The Morgan fingerprint density at radius 1 is 1.28 bits per heavy atom. The molecule has 0 amide bonds. The van der Waals surface area contributed by atoms with Crippen LogP contribution in [0.4, 0.5) is 5.82 Å². The Morgan fingerprint density at radius 3 is 2.86 bits per heavy atom. The summed E-state index contributed by atoms with van der Waals surface area (Å²) >= 11 is 2.26. The lowest BCUT2D eigenvalue weighted by Crippen LogP contribution is -2.41. The van der Waals surface area contributed by atoms with Crippen LogP contribution in [0.25, 0.3) is 11.2 Å². The van der Waals surface area contributed by atoms with Crippen molar-refractivity contribution < 1.29 is 19.7 Å². The molecular weight excluding hydrogens is 489 g/mol. The maximum absolute atomic E-state index is 10.7. The van der Waals surface area contributed by atoms with Crippen molar-refractivity contribution in [2.45, 2.75) is 44.0 Å². The molecule has 1 aliphatic heterocycles. The minimum absolute atomic E-state index is 0.240. The number of anilines is 1. The summed E-state index contributed by atoms with van der Waals surface area (Å²) in [4.78, 5) is 12.3. The van der Waals surface area contributed by atoms with Gasteiger partial charge in [-0.2, -0.15) is 0 Å². The maximum atomic E-state index is 10.7. The fourth-order valence-electron chi connectivity index (χ4n) is 3.66. The summed E-state index contributed by atoms with van der Waals surface area (Å²) in [5, 5.41) is 21.4. The lowest BCUT2D eigenvalue weighted by Gasteiger charge is -2.25. The van der Waals surface area contributed by atoms with E-state index in [1.807, 2.05) is 25.1 Å². The van der Waals surface area contributed by atoms with Crippen LogP contribution in [0.5, 0.6) is 0 Å². The van der Waals surface area contributed by atoms with E-state index in [1.165, 1.54) is 12.7 Å². The number of nitrogens with zero attached hydrogens (tertiary/aromatic N) is 4. The Labute approximate surface area is 181 Å². The summed E-state index contributed by atoms with van der Waals surface area (Å²) in [5.74, 6) is 0.240. The number of aliphatic hydroxyl groups excluding tert-OH is 2. The molecule has 4 N–H and O–H groups in total. The molecule has 1 fully saturated rings. The van der Waals surface area contributed by atoms with E-state index in [-0.39, 0.29) is 5.82 Å². The molecule has 29 heavy (non-hydrogen) atoms. The third-order valence-corrected chi connectivity index (χ3v) is 5.68. The van der Waals surface area contributed by atoms with Gasteiger partial charge < -0.3 is 25.4 Å². The smallest absolute Gasteiger partial charge is 0.167 e. The number of hydrogen-bond acceptors (Lipinski definition) is 8. The first kappa shape index (κ1) is 20.4. The van der Waals surface area contributed by atoms with E-state index in [2.05, 4.69) is 43.6 Å². The molecule has 5 atom stereocenters. The Bertz CT molecular complexity index is 1000. The second-order valence-corrected chi connectivity index (χ2v) is 8.13. The van der Waals surface area contributed by atoms with Gasteiger partial charge in [-0.1, -0.05) is 12.1 Å². The van der Waals surface area contributed by atoms with Crippen LogP contribution in [0.15, 0.2) is 36.9 Å². The zero-order valence-corrected chi connectivity index (χ0v) is 17.9. The quantitative estimate of drug-likeness (QED) is 0.423. The Balaban J connectivity index is 1.61. The van der Waals surface area contributed by atoms with Crippen LogP contribution in [-0.4, -0.2) is 60.8 Å². The fraction of sp³-hybridized carbons (Fsp3) is 0.421. The van der Waals surface area contributed by atoms with E-state index < -0.39 is 30.6 Å². The second kappa shape index (κ2) is 8.48. The summed E-state index contributed by atoms with van der Waals surface area (Å²) < 4.78 is 14.7. The Hall–Kier alpha value is -1.86. The van der Waals surface area contributed by atoms with Crippen LogP contribution in [0.2, 0.25) is 0 Å². The molecule has 2 aromatic heterocycles. The third-order valence-electron chi connectivity index (χ3n) is 5.01. The molecule has 3 heterocycles. The fourth-order valence-corrected chi connectivity index (χ4v) is 4.27. The first-order chi connectivity index (χ1) is 14.0. The summed E-state index contributed by atoms with van der Waals surface area (Å²) in [6.07, 6.45) is -0.964. The van der Waals surface area contributed by atoms with Crippen molar-refractivity contribution in [1.82, 2.24) is 19.5 Å². The van der Waals surface area contributed by atoms with Gasteiger partial charge in [-0.25, -0.2) is 15.0 Å². The van der Waals surface area contributed by atoms with Crippen LogP contribution in [0.1, 0.15) is 18.7 Å². The van der Waals surface area contributed by atoms with Gasteiger partial charge in [0, 0.05) is 16.6 Å². The summed E-state index contributed by atoms with van der Waals surface area (Å²) in [6, 6.07) is 8.06. The molecule has 4 rings (SSSR count). The minimum Gasteiger partial charge on any atom is -0.387 e. The number of ether oxygens (including phenoxy) is 2. The van der Waals surface area contributed by atoms with Gasteiger partial charge in [-0.15, -0.1) is 0 Å². The van der Waals surface area contributed by atoms with Gasteiger partial charge in [0.15, 0.2) is 17.7 Å². The average Bonchev–Trinajstić information content (AvgIpc) is 3.24. The zero-order chi connectivity index (χ0) is 20.5. The first-order valence-electron chi connectivity index (χ1n) is 9.30. The highest BCUT2D eigenvalue weighted by molar-refractivity contribution is 14.1. The monoisotopic (exact) mass is 511 g/mol. The highest BCUT2D eigenvalue weighted by Crippen LogP contribution is 2.34. The minimum atomic E-state index is -1.17. The number of aromatic nitrogens is 4. The first-order valence-corrected chi connectivity index (χ1v) is 10.4. The second-order valence-electron chi connectivity index (χ2n) is 6.88. The number of nitrogen functional groups attached to an aromatic ring is 1. The summed E-state index contributed by atoms with van der Waals surface area (Å²) in [5.41, 5.74) is 7.76. The van der Waals surface area contributed by atoms with Crippen LogP contribution in [0.3, 0.4) is 0 Å². The van der Waals surface area contributed by atoms with Crippen molar-refractivity contribution in [2.24, 2.45) is 0 Å². The largest absolute Gasteiger partial charge is 0.387 e. The normalized spacial score (nSPS) is 25.5. The third kappa shape index (κ3) is 3.94. The maximum Gasteiger partial charge on any atom is 0.167 e. The lowest BCUT2D eigenvalue weighted by atomic mass is 9.99. The van der Waals surface area contributed by atoms with Gasteiger partial charge in [0.1, 0.15) is 30.2 Å². The number of aliphatic hydroxyl groups is 2. The van der Waals surface area contributed by atoms with Gasteiger partial charge in [0.2, 0.25) is 0 Å². The molecule has 0 radical (unpaired) electrons. The molecule has 3 aromatic rings. The predicted molar refractivity (Wildman–Crippen MR) is 114 cm³/mol. The van der Waals surface area contributed by atoms with Crippen molar-refractivity contribution in [2.75, 3.05) is 12.3 Å². The highest BCUT2D eigenvalue weighted by atomic mass is 127. The number of benzene rings is 1. The molecule has 0 saturated carbocycles.